The minimum Gasteiger partial charge on any atom is -0.372 e. The van der Waals surface area contributed by atoms with Crippen molar-refractivity contribution in [3.8, 4) is 0 Å². The molecule has 1 aromatic rings. The lowest BCUT2D eigenvalue weighted by atomic mass is 10.1. The Kier molecular flexibility index (Phi) is 3.65. The summed E-state index contributed by atoms with van der Waals surface area (Å²) in [6.07, 6.45) is 1.79. The van der Waals surface area contributed by atoms with E-state index in [-0.39, 0.29) is 0 Å². The van der Waals surface area contributed by atoms with E-state index >= 15 is 0 Å². The van der Waals surface area contributed by atoms with Crippen molar-refractivity contribution in [1.29, 1.82) is 0 Å². The van der Waals surface area contributed by atoms with E-state index < -0.39 is 5.60 Å². The third-order valence-electron chi connectivity index (χ3n) is 2.03. The largest absolute Gasteiger partial charge is 0.372 e. The fourth-order valence-electron chi connectivity index (χ4n) is 0.924. The second-order valence-corrected chi connectivity index (χ2v) is 4.52. The normalized spacial score (nSPS) is 11.5. The van der Waals surface area contributed by atoms with Gasteiger partial charge >= 0.3 is 0 Å². The van der Waals surface area contributed by atoms with Gasteiger partial charge < -0.3 is 10.1 Å². The van der Waals surface area contributed by atoms with Gasteiger partial charge in [0.05, 0.1) is 3.57 Å². The zero-order chi connectivity index (χ0) is 10.8. The molecule has 0 saturated carbocycles. The van der Waals surface area contributed by atoms with Gasteiger partial charge in [-0.2, -0.15) is 0 Å². The van der Waals surface area contributed by atoms with Gasteiger partial charge in [0.1, 0.15) is 11.4 Å². The van der Waals surface area contributed by atoms with Gasteiger partial charge in [0.2, 0.25) is 0 Å². The second kappa shape index (κ2) is 4.39. The lowest BCUT2D eigenvalue weighted by Gasteiger charge is -2.21. The zero-order valence-corrected chi connectivity index (χ0v) is 10.9. The molecule has 5 heteroatoms. The first-order valence-electron chi connectivity index (χ1n) is 4.27. The first kappa shape index (κ1) is 11.6. The molecule has 0 aliphatic carbocycles. The minimum atomic E-state index is -0.448. The summed E-state index contributed by atoms with van der Waals surface area (Å²) < 4.78 is 6.31. The van der Waals surface area contributed by atoms with Crippen LogP contribution in [0.4, 0.5) is 5.82 Å². The average Bonchev–Trinajstić information content (AvgIpc) is 2.18. The molecule has 0 radical (unpaired) electrons. The van der Waals surface area contributed by atoms with E-state index in [1.807, 2.05) is 20.9 Å². The average molecular weight is 307 g/mol. The number of anilines is 1. The van der Waals surface area contributed by atoms with Crippen molar-refractivity contribution in [2.45, 2.75) is 19.4 Å². The Balaban J connectivity index is 3.12. The van der Waals surface area contributed by atoms with Crippen LogP contribution in [0.25, 0.3) is 0 Å². The molecule has 0 fully saturated rings. The molecule has 14 heavy (non-hydrogen) atoms. The van der Waals surface area contributed by atoms with Crippen molar-refractivity contribution in [1.82, 2.24) is 9.97 Å². The number of rotatable bonds is 3. The molecule has 4 nitrogen and oxygen atoms in total. The Morgan fingerprint density at radius 1 is 1.50 bits per heavy atom. The molecule has 1 heterocycles. The van der Waals surface area contributed by atoms with Crippen molar-refractivity contribution >= 4 is 28.4 Å². The molecule has 0 aliphatic rings. The van der Waals surface area contributed by atoms with Crippen molar-refractivity contribution in [2.24, 2.45) is 0 Å². The Hall–Kier alpha value is -0.430. The van der Waals surface area contributed by atoms with E-state index in [4.69, 9.17) is 4.74 Å². The van der Waals surface area contributed by atoms with Crippen molar-refractivity contribution in [3.05, 3.63) is 15.6 Å². The van der Waals surface area contributed by atoms with Crippen LogP contribution in [0, 0.1) is 3.57 Å². The maximum absolute atomic E-state index is 5.31. The number of halogens is 1. The summed E-state index contributed by atoms with van der Waals surface area (Å²) in [6.45, 7) is 3.88. The number of hydrogen-bond acceptors (Lipinski definition) is 4. The van der Waals surface area contributed by atoms with Gasteiger partial charge in [-0.1, -0.05) is 0 Å². The molecule has 0 amide bonds. The molecule has 0 aromatic carbocycles. The van der Waals surface area contributed by atoms with Crippen LogP contribution in [0.3, 0.4) is 0 Å². The highest BCUT2D eigenvalue weighted by Gasteiger charge is 2.23. The standard InChI is InChI=1S/C9H14IN3O/c1-9(2,14-4)8-12-5-6(10)7(11-3)13-8/h5H,1-4H3,(H,11,12,13). The summed E-state index contributed by atoms with van der Waals surface area (Å²) >= 11 is 2.19. The van der Waals surface area contributed by atoms with Crippen LogP contribution in [0.5, 0.6) is 0 Å². The van der Waals surface area contributed by atoms with Gasteiger partial charge in [0, 0.05) is 20.4 Å². The lowest BCUT2D eigenvalue weighted by Crippen LogP contribution is -2.23. The van der Waals surface area contributed by atoms with Gasteiger partial charge in [-0.05, 0) is 36.4 Å². The van der Waals surface area contributed by atoms with E-state index in [1.54, 1.807) is 13.3 Å². The molecule has 1 aromatic heterocycles. The van der Waals surface area contributed by atoms with E-state index in [2.05, 4.69) is 37.9 Å². The van der Waals surface area contributed by atoms with E-state index in [1.165, 1.54) is 0 Å². The molecule has 0 unspecified atom stereocenters. The van der Waals surface area contributed by atoms with E-state index in [0.717, 1.165) is 9.39 Å². The molecule has 0 aliphatic heterocycles. The first-order valence-corrected chi connectivity index (χ1v) is 5.35. The maximum atomic E-state index is 5.31. The summed E-state index contributed by atoms with van der Waals surface area (Å²) in [5.74, 6) is 1.52. The number of ether oxygens (including phenoxy) is 1. The van der Waals surface area contributed by atoms with Gasteiger partial charge in [0.25, 0.3) is 0 Å². The highest BCUT2D eigenvalue weighted by atomic mass is 127. The number of aromatic nitrogens is 2. The van der Waals surface area contributed by atoms with Gasteiger partial charge in [-0.15, -0.1) is 0 Å². The van der Waals surface area contributed by atoms with Crippen LogP contribution >= 0.6 is 22.6 Å². The van der Waals surface area contributed by atoms with Gasteiger partial charge in [-0.25, -0.2) is 9.97 Å². The number of nitrogens with zero attached hydrogens (tertiary/aromatic N) is 2. The van der Waals surface area contributed by atoms with Gasteiger partial charge in [-0.3, -0.25) is 0 Å². The molecule has 0 spiro atoms. The Labute approximate surface area is 97.6 Å². The summed E-state index contributed by atoms with van der Waals surface area (Å²) in [4.78, 5) is 8.62. The van der Waals surface area contributed by atoms with Crippen molar-refractivity contribution in [2.75, 3.05) is 19.5 Å². The summed E-state index contributed by atoms with van der Waals surface area (Å²) in [6, 6.07) is 0. The molecule has 0 bridgehead atoms. The summed E-state index contributed by atoms with van der Waals surface area (Å²) in [5.41, 5.74) is -0.448. The molecule has 0 atom stereocenters. The van der Waals surface area contributed by atoms with Crippen LogP contribution in [0.1, 0.15) is 19.7 Å². The molecule has 78 valence electrons. The quantitative estimate of drug-likeness (QED) is 0.868. The van der Waals surface area contributed by atoms with Crippen LogP contribution < -0.4 is 5.32 Å². The van der Waals surface area contributed by atoms with Crippen LogP contribution in [-0.4, -0.2) is 24.1 Å². The highest BCUT2D eigenvalue weighted by Crippen LogP contribution is 2.22. The van der Waals surface area contributed by atoms with E-state index in [0.29, 0.717) is 5.82 Å². The third kappa shape index (κ3) is 2.33. The fraction of sp³-hybridized carbons (Fsp3) is 0.556. The predicted octanol–water partition coefficient (Wildman–Crippen LogP) is 2.00. The summed E-state index contributed by atoms with van der Waals surface area (Å²) in [5, 5.41) is 3.02. The Morgan fingerprint density at radius 2 is 2.14 bits per heavy atom. The predicted molar refractivity (Wildman–Crippen MR) is 64.3 cm³/mol. The van der Waals surface area contributed by atoms with E-state index in [9.17, 15) is 0 Å². The molecule has 1 rings (SSSR count). The molecular formula is C9H14IN3O. The third-order valence-corrected chi connectivity index (χ3v) is 2.82. The lowest BCUT2D eigenvalue weighted by molar-refractivity contribution is 0.0115. The first-order chi connectivity index (χ1) is 6.51. The van der Waals surface area contributed by atoms with Crippen LogP contribution in [0.2, 0.25) is 0 Å². The zero-order valence-electron chi connectivity index (χ0n) is 8.76. The maximum Gasteiger partial charge on any atom is 0.162 e. The van der Waals surface area contributed by atoms with Gasteiger partial charge in [0.15, 0.2) is 5.82 Å². The van der Waals surface area contributed by atoms with Crippen molar-refractivity contribution in [3.63, 3.8) is 0 Å². The number of methoxy groups -OCH3 is 1. The van der Waals surface area contributed by atoms with Crippen LogP contribution in [0.15, 0.2) is 6.20 Å². The second-order valence-electron chi connectivity index (χ2n) is 3.35. The van der Waals surface area contributed by atoms with Crippen LogP contribution in [-0.2, 0) is 10.3 Å². The molecule has 1 N–H and O–H groups in total. The Bertz CT molecular complexity index is 328. The molecular weight excluding hydrogens is 293 g/mol. The van der Waals surface area contributed by atoms with Crippen molar-refractivity contribution < 1.29 is 4.74 Å². The number of hydrogen-bond donors (Lipinski definition) is 1. The molecule has 0 saturated heterocycles. The minimum absolute atomic E-state index is 0.448. The summed E-state index contributed by atoms with van der Waals surface area (Å²) in [7, 11) is 3.49. The SMILES string of the molecule is CNc1nc(C(C)(C)OC)ncc1I. The monoisotopic (exact) mass is 307 g/mol. The number of nitrogens with one attached hydrogen (secondary N) is 1. The highest BCUT2D eigenvalue weighted by molar-refractivity contribution is 14.1. The smallest absolute Gasteiger partial charge is 0.162 e. The topological polar surface area (TPSA) is 47.0 Å². The fourth-order valence-corrected chi connectivity index (χ4v) is 1.45. The Morgan fingerprint density at radius 3 is 2.64 bits per heavy atom.